The number of carbonyl (C=O) groups is 1. The minimum atomic E-state index is 0.0642. The van der Waals surface area contributed by atoms with Crippen molar-refractivity contribution in [3.8, 4) is 0 Å². The van der Waals surface area contributed by atoms with Crippen molar-refractivity contribution in [3.63, 3.8) is 0 Å². The van der Waals surface area contributed by atoms with Crippen molar-refractivity contribution in [3.05, 3.63) is 11.7 Å². The standard InChI is InChI=1S/C17H27N3O3/c1-12(2)17(21)20-9-7-13(8-10-20)16-18-15(19-23-16)11-22-14-5-3-4-6-14/h12-14H,3-11H2,1-2H3. The van der Waals surface area contributed by atoms with Crippen molar-refractivity contribution in [2.75, 3.05) is 13.1 Å². The summed E-state index contributed by atoms with van der Waals surface area (Å²) >= 11 is 0. The van der Waals surface area contributed by atoms with E-state index in [0.717, 1.165) is 38.8 Å². The molecule has 2 aliphatic rings. The van der Waals surface area contributed by atoms with Crippen LogP contribution in [0.5, 0.6) is 0 Å². The lowest BCUT2D eigenvalue weighted by Gasteiger charge is -2.31. The summed E-state index contributed by atoms with van der Waals surface area (Å²) in [7, 11) is 0. The second-order valence-electron chi connectivity index (χ2n) is 7.02. The molecule has 0 bridgehead atoms. The summed E-state index contributed by atoms with van der Waals surface area (Å²) in [6.45, 7) is 5.89. The third kappa shape index (κ3) is 4.10. The van der Waals surface area contributed by atoms with E-state index < -0.39 is 0 Å². The van der Waals surface area contributed by atoms with Gasteiger partial charge in [0.15, 0.2) is 5.82 Å². The van der Waals surface area contributed by atoms with Crippen LogP contribution >= 0.6 is 0 Å². The van der Waals surface area contributed by atoms with E-state index in [2.05, 4.69) is 10.1 Å². The molecule has 1 aromatic heterocycles. The number of aromatic nitrogens is 2. The molecule has 0 radical (unpaired) electrons. The Morgan fingerprint density at radius 1 is 1.26 bits per heavy atom. The van der Waals surface area contributed by atoms with Gasteiger partial charge in [-0.15, -0.1) is 0 Å². The fraction of sp³-hybridized carbons (Fsp3) is 0.824. The lowest BCUT2D eigenvalue weighted by atomic mass is 9.96. The van der Waals surface area contributed by atoms with Crippen LogP contribution in [0.1, 0.15) is 70.0 Å². The maximum absolute atomic E-state index is 12.0. The molecule has 23 heavy (non-hydrogen) atoms. The molecule has 0 unspecified atom stereocenters. The van der Waals surface area contributed by atoms with Gasteiger partial charge in [0.25, 0.3) is 0 Å². The average Bonchev–Trinajstić information content (AvgIpc) is 3.24. The zero-order chi connectivity index (χ0) is 16.2. The Morgan fingerprint density at radius 3 is 2.61 bits per heavy atom. The van der Waals surface area contributed by atoms with Gasteiger partial charge in [0, 0.05) is 24.9 Å². The van der Waals surface area contributed by atoms with Crippen LogP contribution in [0.15, 0.2) is 4.52 Å². The molecule has 1 saturated carbocycles. The van der Waals surface area contributed by atoms with Crippen molar-refractivity contribution in [1.82, 2.24) is 15.0 Å². The van der Waals surface area contributed by atoms with Crippen molar-refractivity contribution in [1.29, 1.82) is 0 Å². The Kier molecular flexibility index (Phi) is 5.30. The molecule has 1 aliphatic heterocycles. The first kappa shape index (κ1) is 16.4. The summed E-state index contributed by atoms with van der Waals surface area (Å²) < 4.78 is 11.2. The van der Waals surface area contributed by atoms with Crippen LogP contribution < -0.4 is 0 Å². The van der Waals surface area contributed by atoms with Crippen molar-refractivity contribution >= 4 is 5.91 Å². The van der Waals surface area contributed by atoms with E-state index in [1.54, 1.807) is 0 Å². The number of hydrogen-bond donors (Lipinski definition) is 0. The lowest BCUT2D eigenvalue weighted by molar-refractivity contribution is -0.135. The van der Waals surface area contributed by atoms with Crippen LogP contribution in [-0.2, 0) is 16.1 Å². The Hall–Kier alpha value is -1.43. The molecule has 2 heterocycles. The number of amides is 1. The van der Waals surface area contributed by atoms with Gasteiger partial charge in [-0.2, -0.15) is 4.98 Å². The first-order valence-electron chi connectivity index (χ1n) is 8.86. The number of hydrogen-bond acceptors (Lipinski definition) is 5. The van der Waals surface area contributed by atoms with Gasteiger partial charge in [0.05, 0.1) is 6.10 Å². The van der Waals surface area contributed by atoms with Gasteiger partial charge in [-0.3, -0.25) is 4.79 Å². The van der Waals surface area contributed by atoms with E-state index in [0.29, 0.717) is 24.4 Å². The van der Waals surface area contributed by atoms with Gasteiger partial charge >= 0.3 is 0 Å². The van der Waals surface area contributed by atoms with E-state index in [4.69, 9.17) is 9.26 Å². The molecule has 0 spiro atoms. The van der Waals surface area contributed by atoms with Crippen LogP contribution in [0.25, 0.3) is 0 Å². The molecule has 6 heteroatoms. The van der Waals surface area contributed by atoms with Crippen molar-refractivity contribution in [2.45, 2.75) is 71.0 Å². The molecule has 6 nitrogen and oxygen atoms in total. The largest absolute Gasteiger partial charge is 0.370 e. The molecule has 2 fully saturated rings. The summed E-state index contributed by atoms with van der Waals surface area (Å²) in [4.78, 5) is 18.5. The zero-order valence-corrected chi connectivity index (χ0v) is 14.2. The second kappa shape index (κ2) is 7.43. The number of ether oxygens (including phenoxy) is 1. The van der Waals surface area contributed by atoms with Gasteiger partial charge in [-0.1, -0.05) is 31.8 Å². The quantitative estimate of drug-likeness (QED) is 0.834. The number of nitrogens with zero attached hydrogens (tertiary/aromatic N) is 3. The maximum Gasteiger partial charge on any atom is 0.229 e. The molecule has 1 aromatic rings. The fourth-order valence-corrected chi connectivity index (χ4v) is 3.45. The zero-order valence-electron chi connectivity index (χ0n) is 14.2. The molecule has 3 rings (SSSR count). The molecule has 128 valence electrons. The van der Waals surface area contributed by atoms with Crippen LogP contribution in [0, 0.1) is 5.92 Å². The number of rotatable bonds is 5. The summed E-state index contributed by atoms with van der Waals surface area (Å²) in [5.41, 5.74) is 0. The SMILES string of the molecule is CC(C)C(=O)N1CCC(c2nc(COC3CCCC3)no2)CC1. The van der Waals surface area contributed by atoms with Crippen LogP contribution in [0.3, 0.4) is 0 Å². The number of likely N-dealkylation sites (tertiary alicyclic amines) is 1. The van der Waals surface area contributed by atoms with Gasteiger partial charge in [0.2, 0.25) is 11.8 Å². The molecule has 0 aromatic carbocycles. The van der Waals surface area contributed by atoms with Crippen LogP contribution in [0.2, 0.25) is 0 Å². The molecular formula is C17H27N3O3. The molecular weight excluding hydrogens is 294 g/mol. The number of piperidine rings is 1. The molecule has 1 amide bonds. The predicted molar refractivity (Wildman–Crippen MR) is 84.7 cm³/mol. The highest BCUT2D eigenvalue weighted by Crippen LogP contribution is 2.28. The summed E-state index contributed by atoms with van der Waals surface area (Å²) in [5.74, 6) is 1.91. The van der Waals surface area contributed by atoms with E-state index >= 15 is 0 Å². The van der Waals surface area contributed by atoms with Crippen LogP contribution in [-0.4, -0.2) is 40.1 Å². The highest BCUT2D eigenvalue weighted by atomic mass is 16.5. The monoisotopic (exact) mass is 321 g/mol. The lowest BCUT2D eigenvalue weighted by Crippen LogP contribution is -2.40. The molecule has 0 N–H and O–H groups in total. The highest BCUT2D eigenvalue weighted by molar-refractivity contribution is 5.78. The molecule has 1 saturated heterocycles. The van der Waals surface area contributed by atoms with Gasteiger partial charge in [0.1, 0.15) is 6.61 Å². The minimum Gasteiger partial charge on any atom is -0.370 e. The smallest absolute Gasteiger partial charge is 0.229 e. The molecule has 0 atom stereocenters. The Labute approximate surface area is 137 Å². The minimum absolute atomic E-state index is 0.0642. The number of carbonyl (C=O) groups excluding carboxylic acids is 1. The van der Waals surface area contributed by atoms with Crippen molar-refractivity contribution in [2.24, 2.45) is 5.92 Å². The van der Waals surface area contributed by atoms with Gasteiger partial charge in [-0.25, -0.2) is 0 Å². The van der Waals surface area contributed by atoms with E-state index in [1.165, 1.54) is 12.8 Å². The third-order valence-electron chi connectivity index (χ3n) is 4.88. The van der Waals surface area contributed by atoms with Gasteiger partial charge < -0.3 is 14.2 Å². The average molecular weight is 321 g/mol. The molecule has 1 aliphatic carbocycles. The fourth-order valence-electron chi connectivity index (χ4n) is 3.45. The highest BCUT2D eigenvalue weighted by Gasteiger charge is 2.28. The normalized spacial score (nSPS) is 20.6. The van der Waals surface area contributed by atoms with Crippen LogP contribution in [0.4, 0.5) is 0 Å². The van der Waals surface area contributed by atoms with E-state index in [-0.39, 0.29) is 17.7 Å². The third-order valence-corrected chi connectivity index (χ3v) is 4.88. The maximum atomic E-state index is 12.0. The summed E-state index contributed by atoms with van der Waals surface area (Å²) in [5, 5.41) is 4.04. The summed E-state index contributed by atoms with van der Waals surface area (Å²) in [6.07, 6.45) is 6.96. The Morgan fingerprint density at radius 2 is 1.96 bits per heavy atom. The van der Waals surface area contributed by atoms with E-state index in [1.807, 2.05) is 18.7 Å². The predicted octanol–water partition coefficient (Wildman–Crippen LogP) is 2.89. The summed E-state index contributed by atoms with van der Waals surface area (Å²) in [6, 6.07) is 0. The Balaban J connectivity index is 1.48. The van der Waals surface area contributed by atoms with E-state index in [9.17, 15) is 4.79 Å². The first-order chi connectivity index (χ1) is 11.1. The topological polar surface area (TPSA) is 68.5 Å². The van der Waals surface area contributed by atoms with Crippen molar-refractivity contribution < 1.29 is 14.1 Å². The first-order valence-corrected chi connectivity index (χ1v) is 8.86. The Bertz CT molecular complexity index is 515. The second-order valence-corrected chi connectivity index (χ2v) is 7.02. The van der Waals surface area contributed by atoms with Gasteiger partial charge in [-0.05, 0) is 25.7 Å².